The first-order valence-electron chi connectivity index (χ1n) is 7.07. The molecule has 0 radical (unpaired) electrons. The van der Waals surface area contributed by atoms with Crippen LogP contribution in [0.15, 0.2) is 6.33 Å². The van der Waals surface area contributed by atoms with Gasteiger partial charge in [0.15, 0.2) is 0 Å². The summed E-state index contributed by atoms with van der Waals surface area (Å²) < 4.78 is 5.78. The summed E-state index contributed by atoms with van der Waals surface area (Å²) in [6, 6.07) is 0.413. The minimum Gasteiger partial charge on any atom is -0.375 e. The number of rotatable bonds is 2. The Bertz CT molecular complexity index is 635. The maximum Gasteiger partial charge on any atom is 0.138 e. The number of ether oxygens (including phenoxy) is 1. The third-order valence-electron chi connectivity index (χ3n) is 4.00. The van der Waals surface area contributed by atoms with Crippen LogP contribution in [0.1, 0.15) is 37.1 Å². The van der Waals surface area contributed by atoms with E-state index >= 15 is 0 Å². The molecular formula is C15H21N3OS. The van der Waals surface area contributed by atoms with E-state index in [0.717, 1.165) is 30.1 Å². The molecule has 0 bridgehead atoms. The SMILES string of the molecule is Cc1sc2ncnc(NC3CCOC(C)(C)C3)c2c1C. The van der Waals surface area contributed by atoms with E-state index in [-0.39, 0.29) is 5.60 Å². The third-order valence-corrected chi connectivity index (χ3v) is 5.12. The van der Waals surface area contributed by atoms with Crippen molar-refractivity contribution in [3.63, 3.8) is 0 Å². The maximum absolute atomic E-state index is 5.78. The van der Waals surface area contributed by atoms with Gasteiger partial charge in [-0.1, -0.05) is 0 Å². The van der Waals surface area contributed by atoms with Gasteiger partial charge in [-0.05, 0) is 46.1 Å². The Hall–Kier alpha value is -1.20. The molecular weight excluding hydrogens is 270 g/mol. The molecule has 0 amide bonds. The zero-order valence-corrected chi connectivity index (χ0v) is 13.3. The molecule has 3 rings (SSSR count). The Morgan fingerprint density at radius 2 is 2.15 bits per heavy atom. The molecule has 2 aromatic heterocycles. The van der Waals surface area contributed by atoms with E-state index in [1.54, 1.807) is 17.7 Å². The maximum atomic E-state index is 5.78. The Balaban J connectivity index is 1.91. The molecule has 20 heavy (non-hydrogen) atoms. The molecule has 1 aliphatic rings. The number of hydrogen-bond acceptors (Lipinski definition) is 5. The smallest absolute Gasteiger partial charge is 0.138 e. The highest BCUT2D eigenvalue weighted by molar-refractivity contribution is 7.18. The first-order chi connectivity index (χ1) is 9.46. The van der Waals surface area contributed by atoms with Crippen LogP contribution in [0.3, 0.4) is 0 Å². The molecule has 1 N–H and O–H groups in total. The predicted octanol–water partition coefficient (Wildman–Crippen LogP) is 3.68. The highest BCUT2D eigenvalue weighted by Gasteiger charge is 2.29. The molecule has 0 spiro atoms. The lowest BCUT2D eigenvalue weighted by molar-refractivity contribution is -0.0553. The molecule has 108 valence electrons. The minimum atomic E-state index is -0.0539. The highest BCUT2D eigenvalue weighted by Crippen LogP contribution is 2.34. The first kappa shape index (κ1) is 13.8. The summed E-state index contributed by atoms with van der Waals surface area (Å²) >= 11 is 1.74. The van der Waals surface area contributed by atoms with Crippen LogP contribution < -0.4 is 5.32 Å². The first-order valence-corrected chi connectivity index (χ1v) is 7.89. The van der Waals surface area contributed by atoms with E-state index in [1.807, 2.05) is 0 Å². The van der Waals surface area contributed by atoms with Crippen LogP contribution in [0, 0.1) is 13.8 Å². The summed E-state index contributed by atoms with van der Waals surface area (Å²) in [6.07, 6.45) is 3.68. The molecule has 0 saturated carbocycles. The Labute approximate surface area is 123 Å². The molecule has 1 atom stereocenters. The van der Waals surface area contributed by atoms with Crippen LogP contribution >= 0.6 is 11.3 Å². The number of nitrogens with zero attached hydrogens (tertiary/aromatic N) is 2. The molecule has 0 aliphatic carbocycles. The Kier molecular flexibility index (Phi) is 3.42. The van der Waals surface area contributed by atoms with E-state index in [4.69, 9.17) is 4.74 Å². The second-order valence-electron chi connectivity index (χ2n) is 6.13. The van der Waals surface area contributed by atoms with Crippen molar-refractivity contribution in [2.75, 3.05) is 11.9 Å². The summed E-state index contributed by atoms with van der Waals surface area (Å²) in [5.41, 5.74) is 1.24. The van der Waals surface area contributed by atoms with E-state index in [1.165, 1.54) is 15.8 Å². The fourth-order valence-corrected chi connectivity index (χ4v) is 3.84. The standard InChI is InChI=1S/C15H21N3OS/c1-9-10(2)20-14-12(9)13(16-8-17-14)18-11-5-6-19-15(3,4)7-11/h8,11H,5-7H2,1-4H3,(H,16,17,18). The largest absolute Gasteiger partial charge is 0.375 e. The molecule has 5 heteroatoms. The van der Waals surface area contributed by atoms with Gasteiger partial charge in [0.2, 0.25) is 0 Å². The summed E-state index contributed by atoms with van der Waals surface area (Å²) in [5.74, 6) is 0.972. The summed E-state index contributed by atoms with van der Waals surface area (Å²) in [7, 11) is 0. The van der Waals surface area contributed by atoms with E-state index in [2.05, 4.69) is 43.0 Å². The molecule has 1 unspecified atom stereocenters. The predicted molar refractivity (Wildman–Crippen MR) is 83.6 cm³/mol. The number of thiophene rings is 1. The second-order valence-corrected chi connectivity index (χ2v) is 7.33. The number of hydrogen-bond donors (Lipinski definition) is 1. The van der Waals surface area contributed by atoms with Gasteiger partial charge in [-0.25, -0.2) is 9.97 Å². The van der Waals surface area contributed by atoms with Crippen LogP contribution in [0.25, 0.3) is 10.2 Å². The van der Waals surface area contributed by atoms with Gasteiger partial charge in [0.25, 0.3) is 0 Å². The van der Waals surface area contributed by atoms with Crippen LogP contribution in [0.2, 0.25) is 0 Å². The zero-order valence-electron chi connectivity index (χ0n) is 12.5. The Morgan fingerprint density at radius 1 is 1.35 bits per heavy atom. The topological polar surface area (TPSA) is 47.0 Å². The highest BCUT2D eigenvalue weighted by atomic mass is 32.1. The van der Waals surface area contributed by atoms with Gasteiger partial charge in [-0.15, -0.1) is 11.3 Å². The molecule has 1 saturated heterocycles. The van der Waals surface area contributed by atoms with Crippen LogP contribution in [0.4, 0.5) is 5.82 Å². The molecule has 1 aliphatic heterocycles. The fraction of sp³-hybridized carbons (Fsp3) is 0.600. The lowest BCUT2D eigenvalue weighted by Gasteiger charge is -2.36. The number of nitrogens with one attached hydrogen (secondary N) is 1. The van der Waals surface area contributed by atoms with Gasteiger partial charge in [0.05, 0.1) is 11.0 Å². The molecule has 3 heterocycles. The van der Waals surface area contributed by atoms with Crippen molar-refractivity contribution in [2.24, 2.45) is 0 Å². The molecule has 4 nitrogen and oxygen atoms in total. The lowest BCUT2D eigenvalue weighted by atomic mass is 9.94. The lowest BCUT2D eigenvalue weighted by Crippen LogP contribution is -2.40. The zero-order chi connectivity index (χ0) is 14.3. The number of fused-ring (bicyclic) bond motifs is 1. The van der Waals surface area contributed by atoms with Crippen LogP contribution in [-0.2, 0) is 4.74 Å². The van der Waals surface area contributed by atoms with E-state index in [0.29, 0.717) is 6.04 Å². The van der Waals surface area contributed by atoms with Gasteiger partial charge in [0, 0.05) is 17.5 Å². The van der Waals surface area contributed by atoms with E-state index < -0.39 is 0 Å². The van der Waals surface area contributed by atoms with Crippen molar-refractivity contribution >= 4 is 27.4 Å². The Morgan fingerprint density at radius 3 is 2.90 bits per heavy atom. The minimum absolute atomic E-state index is 0.0539. The van der Waals surface area contributed by atoms with Gasteiger partial charge in [-0.2, -0.15) is 0 Å². The van der Waals surface area contributed by atoms with Crippen molar-refractivity contribution in [3.8, 4) is 0 Å². The molecule has 0 aromatic carbocycles. The normalized spacial score (nSPS) is 22.1. The number of aromatic nitrogens is 2. The van der Waals surface area contributed by atoms with Gasteiger partial charge >= 0.3 is 0 Å². The average molecular weight is 291 g/mol. The van der Waals surface area contributed by atoms with Crippen molar-refractivity contribution in [3.05, 3.63) is 16.8 Å². The van der Waals surface area contributed by atoms with Gasteiger partial charge < -0.3 is 10.1 Å². The number of anilines is 1. The van der Waals surface area contributed by atoms with Crippen molar-refractivity contribution in [2.45, 2.75) is 52.2 Å². The third kappa shape index (κ3) is 2.52. The quantitative estimate of drug-likeness (QED) is 0.917. The molecule has 2 aromatic rings. The van der Waals surface area contributed by atoms with Crippen molar-refractivity contribution in [1.29, 1.82) is 0 Å². The fourth-order valence-electron chi connectivity index (χ4n) is 2.84. The molecule has 1 fully saturated rings. The van der Waals surface area contributed by atoms with E-state index in [9.17, 15) is 0 Å². The van der Waals surface area contributed by atoms with Gasteiger partial charge in [0.1, 0.15) is 17.0 Å². The van der Waals surface area contributed by atoms with Crippen LogP contribution in [0.5, 0.6) is 0 Å². The second kappa shape index (κ2) is 4.97. The summed E-state index contributed by atoms with van der Waals surface area (Å²) in [4.78, 5) is 11.2. The van der Waals surface area contributed by atoms with Gasteiger partial charge in [-0.3, -0.25) is 0 Å². The summed E-state index contributed by atoms with van der Waals surface area (Å²) in [6.45, 7) is 9.40. The van der Waals surface area contributed by atoms with Crippen LogP contribution in [-0.4, -0.2) is 28.2 Å². The van der Waals surface area contributed by atoms with Crippen molar-refractivity contribution in [1.82, 2.24) is 9.97 Å². The van der Waals surface area contributed by atoms with Crippen molar-refractivity contribution < 1.29 is 4.74 Å². The summed E-state index contributed by atoms with van der Waals surface area (Å²) in [5, 5.41) is 4.79. The average Bonchev–Trinajstić information content (AvgIpc) is 2.65. The number of aryl methyl sites for hydroxylation is 2. The monoisotopic (exact) mass is 291 g/mol.